The van der Waals surface area contributed by atoms with Gasteiger partial charge in [-0.15, -0.1) is 0 Å². The van der Waals surface area contributed by atoms with Gasteiger partial charge in [0.2, 0.25) is 0 Å². The van der Waals surface area contributed by atoms with Gasteiger partial charge in [-0.2, -0.15) is 0 Å². The minimum Gasteiger partial charge on any atom is -0.508 e. The van der Waals surface area contributed by atoms with Crippen molar-refractivity contribution in [2.45, 2.75) is 26.3 Å². The molecule has 3 rings (SSSR count). The van der Waals surface area contributed by atoms with Crippen LogP contribution in [0.1, 0.15) is 30.9 Å². The fraction of sp³-hybridized carbons (Fsp3) is 0.263. The molecule has 0 aromatic heterocycles. The Morgan fingerprint density at radius 3 is 2.52 bits per heavy atom. The SMILES string of the molecule is CC(C)c1cc(Oc2c(Br)cc(CN3CC=CS3)cc2Br)ccc1O. The zero-order chi connectivity index (χ0) is 18.0. The van der Waals surface area contributed by atoms with Crippen LogP contribution in [-0.2, 0) is 6.54 Å². The molecule has 0 amide bonds. The molecule has 0 unspecified atom stereocenters. The molecule has 1 N–H and O–H groups in total. The first-order chi connectivity index (χ1) is 11.9. The second-order valence-corrected chi connectivity index (χ2v) is 8.87. The molecule has 0 saturated carbocycles. The van der Waals surface area contributed by atoms with Crippen LogP contribution in [0, 0.1) is 0 Å². The predicted octanol–water partition coefficient (Wildman–Crippen LogP) is 6.81. The number of phenols is 1. The van der Waals surface area contributed by atoms with Gasteiger partial charge in [-0.3, -0.25) is 0 Å². The Hall–Kier alpha value is -0.950. The summed E-state index contributed by atoms with van der Waals surface area (Å²) >= 11 is 8.97. The highest BCUT2D eigenvalue weighted by molar-refractivity contribution is 9.11. The topological polar surface area (TPSA) is 32.7 Å². The summed E-state index contributed by atoms with van der Waals surface area (Å²) in [5, 5.41) is 12.1. The van der Waals surface area contributed by atoms with Crippen molar-refractivity contribution < 1.29 is 9.84 Å². The minimum atomic E-state index is 0.226. The summed E-state index contributed by atoms with van der Waals surface area (Å²) in [4.78, 5) is 0. The lowest BCUT2D eigenvalue weighted by Crippen LogP contribution is -2.11. The maximum absolute atomic E-state index is 9.97. The molecule has 1 aliphatic rings. The van der Waals surface area contributed by atoms with Gasteiger partial charge in [0.05, 0.1) is 8.95 Å². The van der Waals surface area contributed by atoms with Crippen molar-refractivity contribution in [2.75, 3.05) is 6.54 Å². The monoisotopic (exact) mass is 483 g/mol. The number of ether oxygens (including phenoxy) is 1. The van der Waals surface area contributed by atoms with E-state index in [1.165, 1.54) is 5.56 Å². The van der Waals surface area contributed by atoms with Crippen molar-refractivity contribution in [3.63, 3.8) is 0 Å². The van der Waals surface area contributed by atoms with E-state index in [-0.39, 0.29) is 5.92 Å². The Morgan fingerprint density at radius 1 is 1.20 bits per heavy atom. The molecule has 1 aliphatic heterocycles. The molecular formula is C19H19Br2NO2S. The van der Waals surface area contributed by atoms with Gasteiger partial charge in [0.25, 0.3) is 0 Å². The van der Waals surface area contributed by atoms with Crippen LogP contribution in [0.25, 0.3) is 0 Å². The molecule has 2 aromatic carbocycles. The summed E-state index contributed by atoms with van der Waals surface area (Å²) in [5.41, 5.74) is 2.08. The molecule has 3 nitrogen and oxygen atoms in total. The predicted molar refractivity (Wildman–Crippen MR) is 111 cm³/mol. The quantitative estimate of drug-likeness (QED) is 0.472. The number of nitrogens with zero attached hydrogens (tertiary/aromatic N) is 1. The van der Waals surface area contributed by atoms with E-state index in [0.717, 1.165) is 33.3 Å². The number of halogens is 2. The van der Waals surface area contributed by atoms with Crippen molar-refractivity contribution >= 4 is 43.8 Å². The summed E-state index contributed by atoms with van der Waals surface area (Å²) in [6, 6.07) is 9.52. The van der Waals surface area contributed by atoms with Crippen LogP contribution in [0.2, 0.25) is 0 Å². The van der Waals surface area contributed by atoms with Crippen molar-refractivity contribution in [1.29, 1.82) is 0 Å². The van der Waals surface area contributed by atoms with E-state index in [0.29, 0.717) is 11.5 Å². The largest absolute Gasteiger partial charge is 0.508 e. The average molecular weight is 485 g/mol. The fourth-order valence-corrected chi connectivity index (χ4v) is 4.80. The van der Waals surface area contributed by atoms with E-state index in [4.69, 9.17) is 4.74 Å². The number of hydrogen-bond donors (Lipinski definition) is 1. The van der Waals surface area contributed by atoms with E-state index in [1.54, 1.807) is 24.1 Å². The third kappa shape index (κ3) is 4.61. The first-order valence-corrected chi connectivity index (χ1v) is 10.4. The summed E-state index contributed by atoms with van der Waals surface area (Å²) in [6.07, 6.45) is 2.16. The van der Waals surface area contributed by atoms with E-state index >= 15 is 0 Å². The molecule has 0 saturated heterocycles. The lowest BCUT2D eigenvalue weighted by atomic mass is 10.0. The van der Waals surface area contributed by atoms with Gasteiger partial charge in [0.15, 0.2) is 5.75 Å². The number of rotatable bonds is 5. The zero-order valence-corrected chi connectivity index (χ0v) is 18.0. The molecule has 0 radical (unpaired) electrons. The van der Waals surface area contributed by atoms with Crippen molar-refractivity contribution in [3.8, 4) is 17.2 Å². The Kier molecular flexibility index (Phi) is 6.15. The Morgan fingerprint density at radius 2 is 1.92 bits per heavy atom. The first kappa shape index (κ1) is 18.8. The van der Waals surface area contributed by atoms with Crippen molar-refractivity contribution in [3.05, 3.63) is 61.9 Å². The van der Waals surface area contributed by atoms with Crippen LogP contribution in [0.4, 0.5) is 0 Å². The van der Waals surface area contributed by atoms with Crippen LogP contribution in [-0.4, -0.2) is 16.0 Å². The highest BCUT2D eigenvalue weighted by atomic mass is 79.9. The van der Waals surface area contributed by atoms with Crippen LogP contribution in [0.5, 0.6) is 17.2 Å². The number of hydrogen-bond acceptors (Lipinski definition) is 4. The third-order valence-electron chi connectivity index (χ3n) is 3.87. The standard InChI is InChI=1S/C19H19Br2NO2S/c1-12(2)15-10-14(4-5-18(15)23)24-19-16(20)8-13(9-17(19)21)11-22-6-3-7-25-22/h3-5,7-10,12,23H,6,11H2,1-2H3. The maximum Gasteiger partial charge on any atom is 0.155 e. The molecule has 0 fully saturated rings. The van der Waals surface area contributed by atoms with E-state index in [2.05, 4.69) is 59.8 Å². The number of benzene rings is 2. The molecule has 0 atom stereocenters. The van der Waals surface area contributed by atoms with Gasteiger partial charge >= 0.3 is 0 Å². The lowest BCUT2D eigenvalue weighted by molar-refractivity contribution is 0.452. The van der Waals surface area contributed by atoms with Crippen LogP contribution < -0.4 is 4.74 Å². The van der Waals surface area contributed by atoms with Gasteiger partial charge in [-0.05, 0) is 91.0 Å². The summed E-state index contributed by atoms with van der Waals surface area (Å²) < 4.78 is 10.1. The molecule has 25 heavy (non-hydrogen) atoms. The van der Waals surface area contributed by atoms with Crippen LogP contribution in [0.15, 0.2) is 50.8 Å². The zero-order valence-electron chi connectivity index (χ0n) is 14.0. The average Bonchev–Trinajstić information content (AvgIpc) is 3.05. The molecule has 132 valence electrons. The third-order valence-corrected chi connectivity index (χ3v) is 5.94. The van der Waals surface area contributed by atoms with Gasteiger partial charge in [0.1, 0.15) is 11.5 Å². The van der Waals surface area contributed by atoms with E-state index in [9.17, 15) is 5.11 Å². The second kappa shape index (κ2) is 8.16. The Balaban J connectivity index is 1.82. The normalized spacial score (nSPS) is 14.4. The van der Waals surface area contributed by atoms with E-state index < -0.39 is 0 Å². The van der Waals surface area contributed by atoms with Gasteiger partial charge in [-0.1, -0.05) is 19.9 Å². The molecule has 1 heterocycles. The molecule has 0 bridgehead atoms. The fourth-order valence-electron chi connectivity index (χ4n) is 2.62. The van der Waals surface area contributed by atoms with E-state index in [1.807, 2.05) is 19.9 Å². The Bertz CT molecular complexity index is 777. The lowest BCUT2D eigenvalue weighted by Gasteiger charge is -2.17. The smallest absolute Gasteiger partial charge is 0.155 e. The maximum atomic E-state index is 9.97. The highest BCUT2D eigenvalue weighted by Crippen LogP contribution is 2.40. The summed E-state index contributed by atoms with van der Waals surface area (Å²) in [7, 11) is 0. The molecule has 2 aromatic rings. The van der Waals surface area contributed by atoms with Gasteiger partial charge in [-0.25, -0.2) is 4.31 Å². The number of phenolic OH excluding ortho intramolecular Hbond substituents is 1. The minimum absolute atomic E-state index is 0.226. The molecule has 6 heteroatoms. The second-order valence-electron chi connectivity index (χ2n) is 6.17. The summed E-state index contributed by atoms with van der Waals surface area (Å²) in [5.74, 6) is 1.96. The Labute approximate surface area is 169 Å². The number of aromatic hydroxyl groups is 1. The van der Waals surface area contributed by atoms with Gasteiger partial charge < -0.3 is 9.84 Å². The van der Waals surface area contributed by atoms with Crippen molar-refractivity contribution in [2.24, 2.45) is 0 Å². The highest BCUT2D eigenvalue weighted by Gasteiger charge is 2.15. The first-order valence-electron chi connectivity index (χ1n) is 7.99. The van der Waals surface area contributed by atoms with Crippen LogP contribution >= 0.6 is 43.8 Å². The molecule has 0 aliphatic carbocycles. The molecule has 0 spiro atoms. The molecular weight excluding hydrogens is 466 g/mol. The van der Waals surface area contributed by atoms with Crippen LogP contribution in [0.3, 0.4) is 0 Å². The summed E-state index contributed by atoms with van der Waals surface area (Å²) in [6.45, 7) is 5.92. The van der Waals surface area contributed by atoms with Gasteiger partial charge in [0, 0.05) is 18.7 Å². The van der Waals surface area contributed by atoms with Crippen molar-refractivity contribution in [1.82, 2.24) is 4.31 Å².